The summed E-state index contributed by atoms with van der Waals surface area (Å²) in [5.74, 6) is 0.861. The second kappa shape index (κ2) is 4.46. The van der Waals surface area contributed by atoms with Crippen LogP contribution in [0.5, 0.6) is 5.75 Å². The second-order valence-electron chi connectivity index (χ2n) is 3.81. The number of aromatic nitrogens is 2. The van der Waals surface area contributed by atoms with E-state index in [9.17, 15) is 0 Å². The molecule has 0 saturated carbocycles. The Morgan fingerprint density at radius 1 is 1.64 bits per heavy atom. The SMILES string of the molecule is Cn1cc(OCC2CCCCN2)cn1. The van der Waals surface area contributed by atoms with Gasteiger partial charge in [-0.3, -0.25) is 4.68 Å². The van der Waals surface area contributed by atoms with E-state index in [0.29, 0.717) is 6.04 Å². The van der Waals surface area contributed by atoms with Crippen LogP contribution in [0.2, 0.25) is 0 Å². The van der Waals surface area contributed by atoms with Crippen molar-refractivity contribution >= 4 is 0 Å². The van der Waals surface area contributed by atoms with E-state index in [2.05, 4.69) is 10.4 Å². The van der Waals surface area contributed by atoms with E-state index in [1.807, 2.05) is 13.2 Å². The molecule has 1 aromatic heterocycles. The lowest BCUT2D eigenvalue weighted by molar-refractivity contribution is 0.239. The minimum atomic E-state index is 0.518. The first-order chi connectivity index (χ1) is 6.84. The van der Waals surface area contributed by atoms with Crippen LogP contribution < -0.4 is 10.1 Å². The van der Waals surface area contributed by atoms with Crippen molar-refractivity contribution in [2.24, 2.45) is 7.05 Å². The molecule has 4 heteroatoms. The zero-order chi connectivity index (χ0) is 9.80. The van der Waals surface area contributed by atoms with Gasteiger partial charge in [0.05, 0.1) is 12.4 Å². The molecular weight excluding hydrogens is 178 g/mol. The molecule has 0 bridgehead atoms. The van der Waals surface area contributed by atoms with E-state index < -0.39 is 0 Å². The molecule has 4 nitrogen and oxygen atoms in total. The predicted octanol–water partition coefficient (Wildman–Crippen LogP) is 0.941. The quantitative estimate of drug-likeness (QED) is 0.780. The van der Waals surface area contributed by atoms with Gasteiger partial charge in [-0.25, -0.2) is 0 Å². The van der Waals surface area contributed by atoms with Crippen LogP contribution in [0.15, 0.2) is 12.4 Å². The molecule has 0 aliphatic carbocycles. The van der Waals surface area contributed by atoms with Crippen molar-refractivity contribution in [2.75, 3.05) is 13.2 Å². The van der Waals surface area contributed by atoms with Gasteiger partial charge in [0.15, 0.2) is 5.75 Å². The number of piperidine rings is 1. The molecule has 0 amide bonds. The molecule has 1 aliphatic heterocycles. The van der Waals surface area contributed by atoms with E-state index in [1.54, 1.807) is 10.9 Å². The highest BCUT2D eigenvalue weighted by Crippen LogP contribution is 2.11. The largest absolute Gasteiger partial charge is 0.489 e. The molecule has 1 N–H and O–H groups in total. The van der Waals surface area contributed by atoms with Gasteiger partial charge in [0.2, 0.25) is 0 Å². The van der Waals surface area contributed by atoms with E-state index in [0.717, 1.165) is 18.9 Å². The molecule has 0 spiro atoms. The molecule has 1 fully saturated rings. The van der Waals surface area contributed by atoms with Crippen molar-refractivity contribution in [3.63, 3.8) is 0 Å². The monoisotopic (exact) mass is 195 g/mol. The Morgan fingerprint density at radius 2 is 2.57 bits per heavy atom. The highest BCUT2D eigenvalue weighted by atomic mass is 16.5. The van der Waals surface area contributed by atoms with Crippen LogP contribution in [0.4, 0.5) is 0 Å². The summed E-state index contributed by atoms with van der Waals surface area (Å²) < 4.78 is 7.37. The molecule has 1 saturated heterocycles. The molecule has 1 aromatic rings. The molecule has 0 radical (unpaired) electrons. The topological polar surface area (TPSA) is 39.1 Å². The molecule has 2 heterocycles. The summed E-state index contributed by atoms with van der Waals surface area (Å²) >= 11 is 0. The van der Waals surface area contributed by atoms with Crippen molar-refractivity contribution in [1.82, 2.24) is 15.1 Å². The lowest BCUT2D eigenvalue weighted by atomic mass is 10.1. The van der Waals surface area contributed by atoms with Gasteiger partial charge < -0.3 is 10.1 Å². The number of hydrogen-bond donors (Lipinski definition) is 1. The van der Waals surface area contributed by atoms with Crippen LogP contribution in [-0.4, -0.2) is 29.0 Å². The summed E-state index contributed by atoms with van der Waals surface area (Å²) in [6.07, 6.45) is 7.48. The zero-order valence-electron chi connectivity index (χ0n) is 8.57. The van der Waals surface area contributed by atoms with Gasteiger partial charge in [0.1, 0.15) is 6.61 Å². The van der Waals surface area contributed by atoms with Crippen molar-refractivity contribution in [3.8, 4) is 5.75 Å². The number of rotatable bonds is 3. The Hall–Kier alpha value is -1.03. The molecule has 1 unspecified atom stereocenters. The Balaban J connectivity index is 1.76. The Labute approximate surface area is 84.3 Å². The van der Waals surface area contributed by atoms with Crippen molar-refractivity contribution < 1.29 is 4.74 Å². The highest BCUT2D eigenvalue weighted by Gasteiger charge is 2.12. The lowest BCUT2D eigenvalue weighted by Crippen LogP contribution is -2.38. The highest BCUT2D eigenvalue weighted by molar-refractivity contribution is 5.11. The number of ether oxygens (including phenoxy) is 1. The summed E-state index contributed by atoms with van der Waals surface area (Å²) in [7, 11) is 1.89. The average Bonchev–Trinajstić information content (AvgIpc) is 2.63. The normalized spacial score (nSPS) is 22.2. The van der Waals surface area contributed by atoms with Crippen LogP contribution >= 0.6 is 0 Å². The van der Waals surface area contributed by atoms with E-state index in [4.69, 9.17) is 4.74 Å². The van der Waals surface area contributed by atoms with Crippen LogP contribution in [-0.2, 0) is 7.05 Å². The van der Waals surface area contributed by atoms with Gasteiger partial charge in [-0.1, -0.05) is 6.42 Å². The lowest BCUT2D eigenvalue weighted by Gasteiger charge is -2.22. The number of hydrogen-bond acceptors (Lipinski definition) is 3. The molecule has 78 valence electrons. The van der Waals surface area contributed by atoms with Gasteiger partial charge >= 0.3 is 0 Å². The maximum absolute atomic E-state index is 5.62. The molecule has 14 heavy (non-hydrogen) atoms. The van der Waals surface area contributed by atoms with E-state index in [-0.39, 0.29) is 0 Å². The van der Waals surface area contributed by atoms with Gasteiger partial charge in [0.25, 0.3) is 0 Å². The average molecular weight is 195 g/mol. The fraction of sp³-hybridized carbons (Fsp3) is 0.700. The third-order valence-electron chi connectivity index (χ3n) is 2.54. The van der Waals surface area contributed by atoms with Crippen LogP contribution in [0, 0.1) is 0 Å². The Kier molecular flexibility index (Phi) is 3.03. The molecular formula is C10H17N3O. The molecule has 1 atom stereocenters. The van der Waals surface area contributed by atoms with Crippen LogP contribution in [0.1, 0.15) is 19.3 Å². The first-order valence-corrected chi connectivity index (χ1v) is 5.19. The Morgan fingerprint density at radius 3 is 3.21 bits per heavy atom. The Bertz CT molecular complexity index is 279. The van der Waals surface area contributed by atoms with Gasteiger partial charge in [0, 0.05) is 13.1 Å². The fourth-order valence-corrected chi connectivity index (χ4v) is 1.74. The van der Waals surface area contributed by atoms with Gasteiger partial charge in [-0.2, -0.15) is 5.10 Å². The summed E-state index contributed by atoms with van der Waals surface area (Å²) in [6.45, 7) is 1.88. The van der Waals surface area contributed by atoms with Crippen molar-refractivity contribution in [1.29, 1.82) is 0 Å². The number of nitrogens with zero attached hydrogens (tertiary/aromatic N) is 2. The van der Waals surface area contributed by atoms with Crippen molar-refractivity contribution in [2.45, 2.75) is 25.3 Å². The standard InChI is InChI=1S/C10H17N3O/c1-13-7-10(6-12-13)14-8-9-4-2-3-5-11-9/h6-7,9,11H,2-5,8H2,1H3. The third-order valence-corrected chi connectivity index (χ3v) is 2.54. The summed E-state index contributed by atoms with van der Waals surface area (Å²) in [5, 5.41) is 7.50. The summed E-state index contributed by atoms with van der Waals surface area (Å²) in [5.41, 5.74) is 0. The molecule has 0 aromatic carbocycles. The van der Waals surface area contributed by atoms with Crippen molar-refractivity contribution in [3.05, 3.63) is 12.4 Å². The minimum Gasteiger partial charge on any atom is -0.489 e. The first kappa shape index (κ1) is 9.52. The van der Waals surface area contributed by atoms with E-state index >= 15 is 0 Å². The van der Waals surface area contributed by atoms with Crippen LogP contribution in [0.3, 0.4) is 0 Å². The van der Waals surface area contributed by atoms with Crippen LogP contribution in [0.25, 0.3) is 0 Å². The fourth-order valence-electron chi connectivity index (χ4n) is 1.74. The van der Waals surface area contributed by atoms with Gasteiger partial charge in [-0.05, 0) is 19.4 Å². The summed E-state index contributed by atoms with van der Waals surface area (Å²) in [6, 6.07) is 0.518. The first-order valence-electron chi connectivity index (χ1n) is 5.19. The third kappa shape index (κ3) is 2.48. The number of aryl methyl sites for hydroxylation is 1. The van der Waals surface area contributed by atoms with E-state index in [1.165, 1.54) is 19.3 Å². The maximum Gasteiger partial charge on any atom is 0.157 e. The maximum atomic E-state index is 5.62. The summed E-state index contributed by atoms with van der Waals surface area (Å²) in [4.78, 5) is 0. The minimum absolute atomic E-state index is 0.518. The molecule has 2 rings (SSSR count). The molecule has 1 aliphatic rings. The number of nitrogens with one attached hydrogen (secondary N) is 1. The zero-order valence-corrected chi connectivity index (χ0v) is 8.57. The smallest absolute Gasteiger partial charge is 0.157 e. The predicted molar refractivity (Wildman–Crippen MR) is 54.3 cm³/mol. The van der Waals surface area contributed by atoms with Gasteiger partial charge in [-0.15, -0.1) is 0 Å². The second-order valence-corrected chi connectivity index (χ2v) is 3.81.